The summed E-state index contributed by atoms with van der Waals surface area (Å²) in [6.45, 7) is 4.88. The average molecular weight is 348 g/mol. The van der Waals surface area contributed by atoms with Crippen LogP contribution in [0.5, 0.6) is 0 Å². The number of halogens is 1. The van der Waals surface area contributed by atoms with E-state index in [0.717, 1.165) is 34.4 Å². The van der Waals surface area contributed by atoms with Crippen molar-refractivity contribution >= 4 is 33.2 Å². The molecule has 0 saturated heterocycles. The van der Waals surface area contributed by atoms with Crippen LogP contribution in [-0.4, -0.2) is 17.4 Å². The molecule has 2 N–H and O–H groups in total. The SMILES string of the molecule is CCCNc1ccncc1C(=O)Nc1cccc(C)c1Br. The van der Waals surface area contributed by atoms with Crippen LogP contribution in [0.4, 0.5) is 11.4 Å². The number of rotatable bonds is 5. The van der Waals surface area contributed by atoms with E-state index in [1.807, 2.05) is 31.2 Å². The molecule has 4 nitrogen and oxygen atoms in total. The van der Waals surface area contributed by atoms with Crippen molar-refractivity contribution in [1.29, 1.82) is 0 Å². The summed E-state index contributed by atoms with van der Waals surface area (Å²) in [5.74, 6) is -0.173. The van der Waals surface area contributed by atoms with Gasteiger partial charge in [0.1, 0.15) is 0 Å². The van der Waals surface area contributed by atoms with Crippen molar-refractivity contribution < 1.29 is 4.79 Å². The molecule has 1 amide bonds. The third-order valence-corrected chi connectivity index (χ3v) is 4.12. The minimum Gasteiger partial charge on any atom is -0.384 e. The highest BCUT2D eigenvalue weighted by Crippen LogP contribution is 2.26. The van der Waals surface area contributed by atoms with Crippen LogP contribution in [0.15, 0.2) is 41.1 Å². The molecule has 0 fully saturated rings. The quantitative estimate of drug-likeness (QED) is 0.850. The summed E-state index contributed by atoms with van der Waals surface area (Å²) < 4.78 is 0.894. The molecule has 0 aliphatic rings. The summed E-state index contributed by atoms with van der Waals surface area (Å²) in [5, 5.41) is 6.16. The summed E-state index contributed by atoms with van der Waals surface area (Å²) in [5.41, 5.74) is 3.17. The number of benzene rings is 1. The van der Waals surface area contributed by atoms with E-state index in [2.05, 4.69) is 38.5 Å². The highest BCUT2D eigenvalue weighted by molar-refractivity contribution is 9.10. The Kier molecular flexibility index (Phi) is 5.33. The van der Waals surface area contributed by atoms with Crippen molar-refractivity contribution in [3.63, 3.8) is 0 Å². The minimum atomic E-state index is -0.173. The van der Waals surface area contributed by atoms with Gasteiger partial charge in [-0.2, -0.15) is 0 Å². The zero-order valence-electron chi connectivity index (χ0n) is 12.1. The van der Waals surface area contributed by atoms with Gasteiger partial charge in [0.15, 0.2) is 0 Å². The lowest BCUT2D eigenvalue weighted by Gasteiger charge is -2.12. The average Bonchev–Trinajstić information content (AvgIpc) is 2.50. The molecular formula is C16H18BrN3O. The van der Waals surface area contributed by atoms with Gasteiger partial charge in [0.2, 0.25) is 0 Å². The van der Waals surface area contributed by atoms with Crippen LogP contribution in [0, 0.1) is 6.92 Å². The number of anilines is 2. The molecular weight excluding hydrogens is 330 g/mol. The number of aryl methyl sites for hydroxylation is 1. The van der Waals surface area contributed by atoms with Gasteiger partial charge in [-0.1, -0.05) is 19.1 Å². The molecule has 0 atom stereocenters. The van der Waals surface area contributed by atoms with E-state index in [1.54, 1.807) is 12.4 Å². The van der Waals surface area contributed by atoms with Crippen molar-refractivity contribution in [1.82, 2.24) is 4.98 Å². The molecule has 1 heterocycles. The van der Waals surface area contributed by atoms with Crippen LogP contribution in [0.25, 0.3) is 0 Å². The predicted molar refractivity (Wildman–Crippen MR) is 89.8 cm³/mol. The second-order valence-electron chi connectivity index (χ2n) is 4.74. The summed E-state index contributed by atoms with van der Waals surface area (Å²) in [4.78, 5) is 16.5. The smallest absolute Gasteiger partial charge is 0.259 e. The van der Waals surface area contributed by atoms with Gasteiger partial charge in [0, 0.05) is 23.4 Å². The normalized spacial score (nSPS) is 10.2. The fraction of sp³-hybridized carbons (Fsp3) is 0.250. The van der Waals surface area contributed by atoms with E-state index >= 15 is 0 Å². The van der Waals surface area contributed by atoms with Gasteiger partial charge in [0.25, 0.3) is 5.91 Å². The summed E-state index contributed by atoms with van der Waals surface area (Å²) in [6, 6.07) is 7.58. The molecule has 0 bridgehead atoms. The Bertz CT molecular complexity index is 643. The van der Waals surface area contributed by atoms with Gasteiger partial charge < -0.3 is 10.6 Å². The number of aromatic nitrogens is 1. The first-order chi connectivity index (χ1) is 10.1. The van der Waals surface area contributed by atoms with E-state index in [-0.39, 0.29) is 5.91 Å². The Labute approximate surface area is 133 Å². The van der Waals surface area contributed by atoms with Gasteiger partial charge in [-0.25, -0.2) is 0 Å². The van der Waals surface area contributed by atoms with E-state index in [0.29, 0.717) is 5.56 Å². The number of nitrogens with one attached hydrogen (secondary N) is 2. The van der Waals surface area contributed by atoms with Gasteiger partial charge in [-0.15, -0.1) is 0 Å². The molecule has 5 heteroatoms. The first-order valence-electron chi connectivity index (χ1n) is 6.87. The van der Waals surface area contributed by atoms with Crippen molar-refractivity contribution in [2.75, 3.05) is 17.2 Å². The van der Waals surface area contributed by atoms with Gasteiger partial charge in [0.05, 0.1) is 16.9 Å². The van der Waals surface area contributed by atoms with Crippen LogP contribution in [0.3, 0.4) is 0 Å². The molecule has 0 saturated carbocycles. The molecule has 0 radical (unpaired) electrons. The monoisotopic (exact) mass is 347 g/mol. The number of pyridine rings is 1. The summed E-state index contributed by atoms with van der Waals surface area (Å²) >= 11 is 3.50. The Morgan fingerprint density at radius 3 is 2.86 bits per heavy atom. The summed E-state index contributed by atoms with van der Waals surface area (Å²) in [7, 11) is 0. The van der Waals surface area contributed by atoms with Crippen LogP contribution < -0.4 is 10.6 Å². The molecule has 2 aromatic rings. The van der Waals surface area contributed by atoms with Crippen molar-refractivity contribution in [2.24, 2.45) is 0 Å². The first kappa shape index (κ1) is 15.5. The maximum absolute atomic E-state index is 12.4. The Morgan fingerprint density at radius 1 is 1.29 bits per heavy atom. The highest BCUT2D eigenvalue weighted by Gasteiger charge is 2.13. The van der Waals surface area contributed by atoms with Gasteiger partial charge in [-0.3, -0.25) is 9.78 Å². The number of carbonyl (C=O) groups is 1. The number of nitrogens with zero attached hydrogens (tertiary/aromatic N) is 1. The van der Waals surface area contributed by atoms with E-state index < -0.39 is 0 Å². The highest BCUT2D eigenvalue weighted by atomic mass is 79.9. The van der Waals surface area contributed by atoms with Crippen LogP contribution in [0.2, 0.25) is 0 Å². The predicted octanol–water partition coefficient (Wildman–Crippen LogP) is 4.23. The zero-order valence-corrected chi connectivity index (χ0v) is 13.7. The van der Waals surface area contributed by atoms with Crippen molar-refractivity contribution in [3.05, 3.63) is 52.3 Å². The number of hydrogen-bond donors (Lipinski definition) is 2. The maximum atomic E-state index is 12.4. The zero-order chi connectivity index (χ0) is 15.2. The Morgan fingerprint density at radius 2 is 2.10 bits per heavy atom. The number of carbonyl (C=O) groups excluding carboxylic acids is 1. The number of hydrogen-bond acceptors (Lipinski definition) is 3. The third kappa shape index (κ3) is 3.82. The fourth-order valence-electron chi connectivity index (χ4n) is 1.92. The lowest BCUT2D eigenvalue weighted by molar-refractivity contribution is 0.102. The molecule has 0 aliphatic carbocycles. The first-order valence-corrected chi connectivity index (χ1v) is 7.67. The minimum absolute atomic E-state index is 0.173. The van der Waals surface area contributed by atoms with Gasteiger partial charge >= 0.3 is 0 Å². The molecule has 1 aromatic carbocycles. The largest absolute Gasteiger partial charge is 0.384 e. The molecule has 1 aromatic heterocycles. The molecule has 21 heavy (non-hydrogen) atoms. The van der Waals surface area contributed by atoms with Crippen LogP contribution in [-0.2, 0) is 0 Å². The summed E-state index contributed by atoms with van der Waals surface area (Å²) in [6.07, 6.45) is 4.25. The van der Waals surface area contributed by atoms with E-state index in [1.165, 1.54) is 0 Å². The molecule has 110 valence electrons. The maximum Gasteiger partial charge on any atom is 0.259 e. The molecule has 0 spiro atoms. The topological polar surface area (TPSA) is 54.0 Å². The molecule has 0 aliphatic heterocycles. The Hall–Kier alpha value is -1.88. The third-order valence-electron chi connectivity index (χ3n) is 3.07. The van der Waals surface area contributed by atoms with Crippen molar-refractivity contribution in [3.8, 4) is 0 Å². The standard InChI is InChI=1S/C16H18BrN3O/c1-3-8-19-13-7-9-18-10-12(13)16(21)20-14-6-4-5-11(2)15(14)17/h4-7,9-10H,3,8H2,1-2H3,(H,18,19)(H,20,21). The van der Waals surface area contributed by atoms with Crippen LogP contribution in [0.1, 0.15) is 29.3 Å². The molecule has 2 rings (SSSR count). The van der Waals surface area contributed by atoms with Crippen LogP contribution >= 0.6 is 15.9 Å². The van der Waals surface area contributed by atoms with E-state index in [9.17, 15) is 4.79 Å². The second kappa shape index (κ2) is 7.22. The van der Waals surface area contributed by atoms with Gasteiger partial charge in [-0.05, 0) is 47.0 Å². The number of amides is 1. The lowest BCUT2D eigenvalue weighted by atomic mass is 10.2. The van der Waals surface area contributed by atoms with E-state index in [4.69, 9.17) is 0 Å². The Balaban J connectivity index is 2.22. The van der Waals surface area contributed by atoms with Crippen molar-refractivity contribution in [2.45, 2.75) is 20.3 Å². The lowest BCUT2D eigenvalue weighted by Crippen LogP contribution is -2.16. The molecule has 0 unspecified atom stereocenters. The fourth-order valence-corrected chi connectivity index (χ4v) is 2.29. The second-order valence-corrected chi connectivity index (χ2v) is 5.53.